The van der Waals surface area contributed by atoms with Gasteiger partial charge in [0.05, 0.1) is 33.7 Å². The van der Waals surface area contributed by atoms with Crippen LogP contribution in [0.5, 0.6) is 5.75 Å². The van der Waals surface area contributed by atoms with Crippen molar-refractivity contribution in [3.05, 3.63) is 64.8 Å². The van der Waals surface area contributed by atoms with Crippen molar-refractivity contribution >= 4 is 46.1 Å². The van der Waals surface area contributed by atoms with Crippen molar-refractivity contribution in [2.75, 3.05) is 16.0 Å². The number of hydrogen-bond acceptors (Lipinski definition) is 6. The third-order valence-electron chi connectivity index (χ3n) is 4.05. The minimum Gasteiger partial charge on any atom is -0.506 e. The molecule has 0 saturated heterocycles. The molecule has 0 spiro atoms. The van der Waals surface area contributed by atoms with E-state index in [4.69, 9.17) is 16.9 Å². The molecule has 0 atom stereocenters. The molecule has 0 unspecified atom stereocenters. The number of nitriles is 1. The summed E-state index contributed by atoms with van der Waals surface area (Å²) in [6.07, 6.45) is 1.56. The Morgan fingerprint density at radius 2 is 1.96 bits per heavy atom. The summed E-state index contributed by atoms with van der Waals surface area (Å²) in [5, 5.41) is 28.1. The van der Waals surface area contributed by atoms with E-state index in [1.165, 1.54) is 6.07 Å². The summed E-state index contributed by atoms with van der Waals surface area (Å²) in [6.45, 7) is 0. The fourth-order valence-electron chi connectivity index (χ4n) is 2.78. The van der Waals surface area contributed by atoms with Crippen molar-refractivity contribution < 1.29 is 9.90 Å². The summed E-state index contributed by atoms with van der Waals surface area (Å²) in [5.41, 5.74) is 2.93. The summed E-state index contributed by atoms with van der Waals surface area (Å²) in [5.74, 6) is -0.0694. The molecule has 3 aromatic rings. The smallest absolute Gasteiger partial charge is 0.261 e. The van der Waals surface area contributed by atoms with Gasteiger partial charge in [0.2, 0.25) is 0 Å². The van der Waals surface area contributed by atoms with Gasteiger partial charge in [0, 0.05) is 18.0 Å². The van der Waals surface area contributed by atoms with Gasteiger partial charge in [-0.25, -0.2) is 4.98 Å². The number of nitrogens with zero attached hydrogens (tertiary/aromatic N) is 2. The van der Waals surface area contributed by atoms with E-state index >= 15 is 0 Å². The van der Waals surface area contributed by atoms with E-state index in [-0.39, 0.29) is 16.7 Å². The van der Waals surface area contributed by atoms with Gasteiger partial charge in [0.25, 0.3) is 5.91 Å². The number of carbonyl (C=O) groups excluding carboxylic acids is 1. The maximum Gasteiger partial charge on any atom is 0.261 e. The summed E-state index contributed by atoms with van der Waals surface area (Å²) in [4.78, 5) is 17.1. The molecule has 27 heavy (non-hydrogen) atoms. The average Bonchev–Trinajstić information content (AvgIpc) is 2.80. The summed E-state index contributed by atoms with van der Waals surface area (Å²) < 4.78 is 0. The van der Waals surface area contributed by atoms with E-state index in [1.807, 2.05) is 6.07 Å². The van der Waals surface area contributed by atoms with Crippen LogP contribution in [0.1, 0.15) is 15.9 Å². The van der Waals surface area contributed by atoms with E-state index < -0.39 is 0 Å². The van der Waals surface area contributed by atoms with Crippen LogP contribution in [0.4, 0.5) is 28.6 Å². The van der Waals surface area contributed by atoms with Crippen LogP contribution in [-0.2, 0) is 0 Å². The van der Waals surface area contributed by atoms with Crippen LogP contribution in [0, 0.1) is 11.3 Å². The summed E-state index contributed by atoms with van der Waals surface area (Å²) >= 11 is 5.84. The second-order valence-electron chi connectivity index (χ2n) is 5.82. The average molecular weight is 378 g/mol. The molecule has 0 bridgehead atoms. The number of fused-ring (bicyclic) bond motifs is 2. The van der Waals surface area contributed by atoms with E-state index in [2.05, 4.69) is 20.9 Å². The Hall–Kier alpha value is -3.76. The Balaban J connectivity index is 1.75. The normalized spacial score (nSPS) is 11.9. The maximum atomic E-state index is 12.8. The Kier molecular flexibility index (Phi) is 4.03. The predicted molar refractivity (Wildman–Crippen MR) is 103 cm³/mol. The molecule has 132 valence electrons. The number of aromatic nitrogens is 1. The van der Waals surface area contributed by atoms with Gasteiger partial charge >= 0.3 is 0 Å². The third-order valence-corrected chi connectivity index (χ3v) is 4.37. The molecule has 4 rings (SSSR count). The lowest BCUT2D eigenvalue weighted by Crippen LogP contribution is -2.13. The second kappa shape index (κ2) is 6.52. The van der Waals surface area contributed by atoms with Gasteiger partial charge in [-0.15, -0.1) is 0 Å². The molecule has 0 saturated carbocycles. The number of hydrogen-bond donors (Lipinski definition) is 4. The molecule has 0 fully saturated rings. The standard InChI is InChI=1S/C19H12ClN5O2/c20-12-3-2-11(8-16(12)26)23-14-5-6-22-18-17(14)19(27)25-15-7-10(9-21)1-4-13(15)24-18/h1-8,26H,(H,25,27)(H2,22,23,24). The molecule has 2 heterocycles. The van der Waals surface area contributed by atoms with Crippen LogP contribution < -0.4 is 16.0 Å². The molecule has 1 aliphatic rings. The molecule has 0 aliphatic carbocycles. The van der Waals surface area contributed by atoms with Crippen molar-refractivity contribution in [2.24, 2.45) is 0 Å². The molecule has 1 aliphatic heterocycles. The van der Waals surface area contributed by atoms with Gasteiger partial charge in [0.1, 0.15) is 17.1 Å². The van der Waals surface area contributed by atoms with Crippen LogP contribution in [0.25, 0.3) is 0 Å². The van der Waals surface area contributed by atoms with Gasteiger partial charge in [-0.2, -0.15) is 5.26 Å². The van der Waals surface area contributed by atoms with Crippen molar-refractivity contribution in [2.45, 2.75) is 0 Å². The molecule has 1 aromatic heterocycles. The Morgan fingerprint density at radius 3 is 2.74 bits per heavy atom. The number of phenolic OH excluding ortho intramolecular Hbond substituents is 1. The zero-order valence-electron chi connectivity index (χ0n) is 13.7. The first kappa shape index (κ1) is 16.7. The van der Waals surface area contributed by atoms with Crippen molar-refractivity contribution in [1.29, 1.82) is 5.26 Å². The number of halogens is 1. The third kappa shape index (κ3) is 3.10. The van der Waals surface area contributed by atoms with Gasteiger partial charge in [0.15, 0.2) is 0 Å². The number of benzene rings is 2. The number of rotatable bonds is 2. The highest BCUT2D eigenvalue weighted by molar-refractivity contribution is 6.32. The summed E-state index contributed by atoms with van der Waals surface area (Å²) in [7, 11) is 0. The van der Waals surface area contributed by atoms with Crippen molar-refractivity contribution in [3.8, 4) is 11.8 Å². The van der Waals surface area contributed by atoms with E-state index in [0.717, 1.165) is 0 Å². The lowest BCUT2D eigenvalue weighted by atomic mass is 10.1. The van der Waals surface area contributed by atoms with Gasteiger partial charge in [-0.1, -0.05) is 11.6 Å². The first-order valence-corrected chi connectivity index (χ1v) is 8.30. The second-order valence-corrected chi connectivity index (χ2v) is 6.23. The molecular formula is C19H12ClN5O2. The first-order chi connectivity index (χ1) is 13.0. The number of phenols is 1. The Labute approximate surface area is 159 Å². The lowest BCUT2D eigenvalue weighted by Gasteiger charge is -2.13. The molecule has 0 radical (unpaired) electrons. The van der Waals surface area contributed by atoms with Crippen LogP contribution in [0.15, 0.2) is 48.7 Å². The minimum atomic E-state index is -0.375. The Morgan fingerprint density at radius 1 is 1.11 bits per heavy atom. The van der Waals surface area contributed by atoms with E-state index in [0.29, 0.717) is 39.7 Å². The molecule has 2 aromatic carbocycles. The zero-order chi connectivity index (χ0) is 19.0. The van der Waals surface area contributed by atoms with Crippen LogP contribution in [0.2, 0.25) is 5.02 Å². The number of nitrogens with one attached hydrogen (secondary N) is 3. The van der Waals surface area contributed by atoms with E-state index in [1.54, 1.807) is 42.6 Å². The fraction of sp³-hybridized carbons (Fsp3) is 0. The highest BCUT2D eigenvalue weighted by atomic mass is 35.5. The summed E-state index contributed by atoms with van der Waals surface area (Å²) in [6, 6.07) is 13.4. The van der Waals surface area contributed by atoms with Crippen LogP contribution in [0.3, 0.4) is 0 Å². The predicted octanol–water partition coefficient (Wildman–Crippen LogP) is 4.37. The van der Waals surface area contributed by atoms with Crippen molar-refractivity contribution in [1.82, 2.24) is 4.98 Å². The lowest BCUT2D eigenvalue weighted by molar-refractivity contribution is 0.102. The van der Waals surface area contributed by atoms with Crippen molar-refractivity contribution in [3.63, 3.8) is 0 Å². The van der Waals surface area contributed by atoms with Crippen LogP contribution >= 0.6 is 11.6 Å². The number of carbonyl (C=O) groups is 1. The highest BCUT2D eigenvalue weighted by Gasteiger charge is 2.23. The molecule has 7 nitrogen and oxygen atoms in total. The maximum absolute atomic E-state index is 12.8. The quantitative estimate of drug-likeness (QED) is 0.528. The molecule has 8 heteroatoms. The monoisotopic (exact) mass is 377 g/mol. The molecular weight excluding hydrogens is 366 g/mol. The molecule has 4 N–H and O–H groups in total. The minimum absolute atomic E-state index is 0.0687. The number of amides is 1. The van der Waals surface area contributed by atoms with Crippen LogP contribution in [-0.4, -0.2) is 16.0 Å². The topological polar surface area (TPSA) is 110 Å². The Bertz CT molecular complexity index is 1120. The number of pyridine rings is 1. The van der Waals surface area contributed by atoms with Gasteiger partial charge < -0.3 is 21.1 Å². The highest BCUT2D eigenvalue weighted by Crippen LogP contribution is 2.36. The van der Waals surface area contributed by atoms with Gasteiger partial charge in [-0.3, -0.25) is 4.79 Å². The number of anilines is 5. The van der Waals surface area contributed by atoms with Gasteiger partial charge in [-0.05, 0) is 36.4 Å². The van der Waals surface area contributed by atoms with E-state index in [9.17, 15) is 9.90 Å². The molecule has 1 amide bonds. The zero-order valence-corrected chi connectivity index (χ0v) is 14.5. The number of aromatic hydroxyl groups is 1. The SMILES string of the molecule is N#Cc1ccc2c(c1)NC(=O)c1c(Nc3ccc(Cl)c(O)c3)ccnc1N2. The largest absolute Gasteiger partial charge is 0.506 e. The first-order valence-electron chi connectivity index (χ1n) is 7.92. The fourth-order valence-corrected chi connectivity index (χ4v) is 2.89.